The highest BCUT2D eigenvalue weighted by molar-refractivity contribution is 5.86. The number of hydrazone groups is 1. The maximum Gasteiger partial charge on any atom is 0.325 e. The third-order valence-electron chi connectivity index (χ3n) is 3.57. The molecule has 0 fully saturated rings. The number of hydrogen-bond acceptors (Lipinski definition) is 8. The Kier molecular flexibility index (Phi) is 5.70. The molecule has 2 aromatic rings. The second kappa shape index (κ2) is 7.95. The molecule has 0 aliphatic rings. The number of nitrogens with zero attached hydrogens (tertiary/aromatic N) is 2. The van der Waals surface area contributed by atoms with Crippen molar-refractivity contribution in [2.45, 2.75) is 19.8 Å². The third kappa shape index (κ3) is 4.78. The number of aromatic amines is 2. The molecule has 12 heteroatoms. The molecule has 0 unspecified atom stereocenters. The Bertz CT molecular complexity index is 1040. The Morgan fingerprint density at radius 2 is 2.00 bits per heavy atom. The van der Waals surface area contributed by atoms with Crippen molar-refractivity contribution >= 4 is 17.8 Å². The van der Waals surface area contributed by atoms with Crippen LogP contribution in [0.25, 0.3) is 0 Å². The molecule has 1 aromatic carbocycles. The minimum atomic E-state index is -0.839. The van der Waals surface area contributed by atoms with Crippen LogP contribution < -0.4 is 16.7 Å². The molecule has 0 radical (unpaired) electrons. The normalized spacial score (nSPS) is 10.9. The van der Waals surface area contributed by atoms with E-state index in [1.165, 1.54) is 6.92 Å². The lowest BCUT2D eigenvalue weighted by atomic mass is 10.1. The van der Waals surface area contributed by atoms with Crippen LogP contribution in [-0.2, 0) is 11.2 Å². The van der Waals surface area contributed by atoms with Crippen LogP contribution in [0.3, 0.4) is 0 Å². The zero-order valence-corrected chi connectivity index (χ0v) is 14.0. The number of benzene rings is 1. The first-order chi connectivity index (χ1) is 12.7. The number of hydrogen-bond donors (Lipinski definition) is 5. The number of nitro groups is 1. The molecule has 142 valence electrons. The van der Waals surface area contributed by atoms with E-state index < -0.39 is 39.3 Å². The van der Waals surface area contributed by atoms with E-state index in [-0.39, 0.29) is 24.0 Å². The number of aromatic hydroxyl groups is 2. The topological polar surface area (TPSA) is 191 Å². The van der Waals surface area contributed by atoms with Gasteiger partial charge in [0.05, 0.1) is 11.1 Å². The highest BCUT2D eigenvalue weighted by Crippen LogP contribution is 2.31. The molecule has 0 spiro atoms. The lowest BCUT2D eigenvalue weighted by molar-refractivity contribution is -0.385. The lowest BCUT2D eigenvalue weighted by Gasteiger charge is -2.04. The summed E-state index contributed by atoms with van der Waals surface area (Å²) in [4.78, 5) is 49.0. The number of aryl methyl sites for hydroxylation is 1. The van der Waals surface area contributed by atoms with Crippen LogP contribution in [0, 0.1) is 17.0 Å². The number of aromatic nitrogens is 2. The van der Waals surface area contributed by atoms with Gasteiger partial charge >= 0.3 is 11.4 Å². The molecular formula is C15H15N5O7. The number of phenolic OH excluding ortho intramolecular Hbond substituents is 2. The van der Waals surface area contributed by atoms with Crippen molar-refractivity contribution in [1.82, 2.24) is 15.4 Å². The number of rotatable bonds is 6. The van der Waals surface area contributed by atoms with Gasteiger partial charge in [-0.15, -0.1) is 0 Å². The molecule has 0 saturated carbocycles. The molecule has 0 atom stereocenters. The van der Waals surface area contributed by atoms with Crippen molar-refractivity contribution in [3.8, 4) is 11.5 Å². The molecule has 0 aliphatic carbocycles. The zero-order chi connectivity index (χ0) is 20.1. The molecule has 1 heterocycles. The molecule has 5 N–H and O–H groups in total. The van der Waals surface area contributed by atoms with Gasteiger partial charge in [0.1, 0.15) is 5.75 Å². The van der Waals surface area contributed by atoms with Crippen molar-refractivity contribution in [2.75, 3.05) is 0 Å². The smallest absolute Gasteiger partial charge is 0.325 e. The van der Waals surface area contributed by atoms with Gasteiger partial charge in [0.15, 0.2) is 5.75 Å². The zero-order valence-electron chi connectivity index (χ0n) is 14.0. The molecule has 27 heavy (non-hydrogen) atoms. The molecular weight excluding hydrogens is 362 g/mol. The number of phenols is 2. The molecule has 12 nitrogen and oxygen atoms in total. The molecule has 0 aliphatic heterocycles. The Morgan fingerprint density at radius 3 is 2.63 bits per heavy atom. The van der Waals surface area contributed by atoms with E-state index in [4.69, 9.17) is 0 Å². The van der Waals surface area contributed by atoms with Crippen LogP contribution in [0.5, 0.6) is 11.5 Å². The van der Waals surface area contributed by atoms with E-state index >= 15 is 0 Å². The van der Waals surface area contributed by atoms with Gasteiger partial charge < -0.3 is 15.2 Å². The number of nitrogens with one attached hydrogen (secondary N) is 3. The SMILES string of the molecule is Cc1[nH]c(=O)[nH]c(=O)c1CCC(=O)N/N=C/c1cc([N+](=O)[O-])c(O)cc1O. The third-order valence-corrected chi connectivity index (χ3v) is 3.57. The highest BCUT2D eigenvalue weighted by Gasteiger charge is 2.16. The first-order valence-electron chi connectivity index (χ1n) is 7.53. The van der Waals surface area contributed by atoms with Crippen LogP contribution in [0.1, 0.15) is 23.2 Å². The highest BCUT2D eigenvalue weighted by atomic mass is 16.6. The maximum atomic E-state index is 11.8. The number of carbonyl (C=O) groups is 1. The number of H-pyrrole nitrogens is 2. The van der Waals surface area contributed by atoms with Gasteiger partial charge in [-0.1, -0.05) is 0 Å². The minimum absolute atomic E-state index is 0.0508. The summed E-state index contributed by atoms with van der Waals surface area (Å²) < 4.78 is 0. The largest absolute Gasteiger partial charge is 0.507 e. The van der Waals surface area contributed by atoms with Crippen molar-refractivity contribution in [3.05, 3.63) is 59.9 Å². The summed E-state index contributed by atoms with van der Waals surface area (Å²) in [5, 5.41) is 33.4. The summed E-state index contributed by atoms with van der Waals surface area (Å²) >= 11 is 0. The monoisotopic (exact) mass is 377 g/mol. The van der Waals surface area contributed by atoms with E-state index in [9.17, 15) is 34.7 Å². The molecule has 2 rings (SSSR count). The Labute approximate surface area is 150 Å². The van der Waals surface area contributed by atoms with E-state index in [0.717, 1.165) is 18.3 Å². The minimum Gasteiger partial charge on any atom is -0.507 e. The van der Waals surface area contributed by atoms with Gasteiger partial charge in [-0.3, -0.25) is 24.7 Å². The van der Waals surface area contributed by atoms with Crippen molar-refractivity contribution < 1.29 is 19.9 Å². The summed E-state index contributed by atoms with van der Waals surface area (Å²) in [5.74, 6) is -1.74. The van der Waals surface area contributed by atoms with Crippen LogP contribution >= 0.6 is 0 Å². The van der Waals surface area contributed by atoms with Crippen LogP contribution in [0.4, 0.5) is 5.69 Å². The standard InChI is InChI=1S/C15H15N5O7/c1-7-9(14(24)18-15(25)17-7)2-3-13(23)19-16-6-8-4-10(20(26)27)12(22)5-11(8)21/h4-6,21-22H,2-3H2,1H3,(H,19,23)(H2,17,18,24,25)/b16-6+. The van der Waals surface area contributed by atoms with Crippen molar-refractivity contribution in [3.63, 3.8) is 0 Å². The van der Waals surface area contributed by atoms with E-state index in [2.05, 4.69) is 20.5 Å². The van der Waals surface area contributed by atoms with Crippen LogP contribution in [-0.4, -0.2) is 37.2 Å². The fraction of sp³-hybridized carbons (Fsp3) is 0.200. The first kappa shape index (κ1) is 19.4. The average Bonchev–Trinajstić information content (AvgIpc) is 2.55. The van der Waals surface area contributed by atoms with Crippen LogP contribution in [0.2, 0.25) is 0 Å². The van der Waals surface area contributed by atoms with Crippen molar-refractivity contribution in [1.29, 1.82) is 0 Å². The molecule has 0 saturated heterocycles. The first-order valence-corrected chi connectivity index (χ1v) is 7.53. The van der Waals surface area contributed by atoms with Crippen molar-refractivity contribution in [2.24, 2.45) is 5.10 Å². The van der Waals surface area contributed by atoms with E-state index in [0.29, 0.717) is 5.69 Å². The maximum absolute atomic E-state index is 11.8. The predicted octanol–water partition coefficient (Wildman–Crippen LogP) is -0.226. The summed E-state index contributed by atoms with van der Waals surface area (Å²) in [6.07, 6.45) is 0.905. The summed E-state index contributed by atoms with van der Waals surface area (Å²) in [6, 6.07) is 1.68. The summed E-state index contributed by atoms with van der Waals surface area (Å²) in [6.45, 7) is 1.53. The molecule has 1 aromatic heterocycles. The number of nitro benzene ring substituents is 1. The fourth-order valence-electron chi connectivity index (χ4n) is 2.23. The van der Waals surface area contributed by atoms with Gasteiger partial charge in [-0.05, 0) is 13.3 Å². The lowest BCUT2D eigenvalue weighted by Crippen LogP contribution is -2.28. The van der Waals surface area contributed by atoms with Gasteiger partial charge in [-0.2, -0.15) is 5.10 Å². The Hall–Kier alpha value is -3.96. The second-order valence-corrected chi connectivity index (χ2v) is 5.46. The Balaban J connectivity index is 2.02. The number of carbonyl (C=O) groups excluding carboxylic acids is 1. The Morgan fingerprint density at radius 1 is 1.30 bits per heavy atom. The molecule has 1 amide bonds. The quantitative estimate of drug-likeness (QED) is 0.261. The second-order valence-electron chi connectivity index (χ2n) is 5.46. The van der Waals surface area contributed by atoms with E-state index in [1.54, 1.807) is 0 Å². The number of amides is 1. The van der Waals surface area contributed by atoms with Gasteiger partial charge in [-0.25, -0.2) is 10.2 Å². The summed E-state index contributed by atoms with van der Waals surface area (Å²) in [5.41, 5.74) is 0.793. The predicted molar refractivity (Wildman–Crippen MR) is 92.9 cm³/mol. The fourth-order valence-corrected chi connectivity index (χ4v) is 2.23. The van der Waals surface area contributed by atoms with Crippen LogP contribution in [0.15, 0.2) is 26.8 Å². The summed E-state index contributed by atoms with van der Waals surface area (Å²) in [7, 11) is 0. The van der Waals surface area contributed by atoms with E-state index in [1.807, 2.05) is 0 Å². The van der Waals surface area contributed by atoms with Gasteiger partial charge in [0, 0.05) is 35.4 Å². The van der Waals surface area contributed by atoms with Gasteiger partial charge in [0.2, 0.25) is 5.91 Å². The average molecular weight is 377 g/mol. The van der Waals surface area contributed by atoms with Gasteiger partial charge in [0.25, 0.3) is 5.56 Å². The molecule has 0 bridgehead atoms.